The molecule has 0 spiro atoms. The van der Waals surface area contributed by atoms with E-state index < -0.39 is 6.10 Å². The normalized spacial score (nSPS) is 14.2. The van der Waals surface area contributed by atoms with Crippen molar-refractivity contribution in [3.63, 3.8) is 0 Å². The van der Waals surface area contributed by atoms with Crippen molar-refractivity contribution in [1.82, 2.24) is 10.2 Å². The maximum atomic E-state index is 12.1. The predicted molar refractivity (Wildman–Crippen MR) is 86.0 cm³/mol. The lowest BCUT2D eigenvalue weighted by Crippen LogP contribution is -2.42. The monoisotopic (exact) mass is 292 g/mol. The second kappa shape index (κ2) is 8.80. The molecule has 0 bridgehead atoms. The Morgan fingerprint density at radius 2 is 1.86 bits per heavy atom. The van der Waals surface area contributed by atoms with E-state index >= 15 is 0 Å². The van der Waals surface area contributed by atoms with Crippen molar-refractivity contribution in [2.45, 2.75) is 38.8 Å². The van der Waals surface area contributed by atoms with Crippen LogP contribution in [-0.4, -0.2) is 42.6 Å². The van der Waals surface area contributed by atoms with Crippen LogP contribution in [0.15, 0.2) is 30.3 Å². The Hall–Kier alpha value is -1.39. The highest BCUT2D eigenvalue weighted by Gasteiger charge is 2.18. The molecular weight excluding hydrogens is 264 g/mol. The average Bonchev–Trinajstić information content (AvgIpc) is 2.37. The third-order valence-corrected chi connectivity index (χ3v) is 3.27. The van der Waals surface area contributed by atoms with E-state index in [1.54, 1.807) is 0 Å². The number of hydrogen-bond acceptors (Lipinski definition) is 3. The minimum Gasteiger partial charge on any atom is -0.388 e. The third-order valence-electron chi connectivity index (χ3n) is 3.27. The smallest absolute Gasteiger partial charge is 0.223 e. The summed E-state index contributed by atoms with van der Waals surface area (Å²) in [5.74, 6) is 0.424. The summed E-state index contributed by atoms with van der Waals surface area (Å²) in [4.78, 5) is 14.2. The number of nitrogens with zero attached hydrogens (tertiary/aromatic N) is 1. The van der Waals surface area contributed by atoms with Gasteiger partial charge in [-0.1, -0.05) is 44.2 Å². The van der Waals surface area contributed by atoms with Crippen LogP contribution in [0.2, 0.25) is 0 Å². The lowest BCUT2D eigenvalue weighted by Gasteiger charge is -2.24. The van der Waals surface area contributed by atoms with Gasteiger partial charge in [0.2, 0.25) is 5.91 Å². The van der Waals surface area contributed by atoms with Crippen molar-refractivity contribution in [3.8, 4) is 0 Å². The number of benzene rings is 1. The molecule has 21 heavy (non-hydrogen) atoms. The molecule has 1 aromatic rings. The number of amides is 1. The largest absolute Gasteiger partial charge is 0.388 e. The Morgan fingerprint density at radius 1 is 1.24 bits per heavy atom. The maximum Gasteiger partial charge on any atom is 0.223 e. The molecule has 0 fully saturated rings. The first-order valence-corrected chi connectivity index (χ1v) is 7.55. The first-order chi connectivity index (χ1) is 9.88. The zero-order valence-electron chi connectivity index (χ0n) is 13.5. The molecule has 118 valence electrons. The van der Waals surface area contributed by atoms with E-state index in [0.29, 0.717) is 5.92 Å². The van der Waals surface area contributed by atoms with Gasteiger partial charge in [-0.15, -0.1) is 0 Å². The van der Waals surface area contributed by atoms with E-state index in [1.807, 2.05) is 44.4 Å². The molecule has 4 heteroatoms. The summed E-state index contributed by atoms with van der Waals surface area (Å²) >= 11 is 0. The summed E-state index contributed by atoms with van der Waals surface area (Å²) in [6.07, 6.45) is 0.294. The molecule has 0 heterocycles. The van der Waals surface area contributed by atoms with Crippen LogP contribution in [0.1, 0.15) is 38.4 Å². The summed E-state index contributed by atoms with van der Waals surface area (Å²) in [7, 11) is 4.00. The highest BCUT2D eigenvalue weighted by atomic mass is 16.3. The zero-order chi connectivity index (χ0) is 15.8. The minimum atomic E-state index is -0.745. The topological polar surface area (TPSA) is 52.6 Å². The van der Waals surface area contributed by atoms with Crippen LogP contribution in [0.3, 0.4) is 0 Å². The van der Waals surface area contributed by atoms with Gasteiger partial charge < -0.3 is 15.3 Å². The van der Waals surface area contributed by atoms with Crippen LogP contribution in [-0.2, 0) is 4.79 Å². The Bertz CT molecular complexity index is 408. The van der Waals surface area contributed by atoms with Crippen LogP contribution in [0.5, 0.6) is 0 Å². The van der Waals surface area contributed by atoms with Gasteiger partial charge in [-0.3, -0.25) is 4.79 Å². The lowest BCUT2D eigenvalue weighted by atomic mass is 10.0. The van der Waals surface area contributed by atoms with Gasteiger partial charge in [0.05, 0.1) is 12.5 Å². The van der Waals surface area contributed by atoms with Crippen molar-refractivity contribution < 1.29 is 9.90 Å². The molecule has 2 atom stereocenters. The molecule has 0 aromatic heterocycles. The Balaban J connectivity index is 2.53. The van der Waals surface area contributed by atoms with E-state index in [0.717, 1.165) is 18.5 Å². The lowest BCUT2D eigenvalue weighted by molar-refractivity contribution is -0.124. The maximum absolute atomic E-state index is 12.1. The van der Waals surface area contributed by atoms with Gasteiger partial charge in [-0.05, 0) is 32.0 Å². The molecule has 1 aromatic carbocycles. The van der Waals surface area contributed by atoms with Crippen LogP contribution in [0.4, 0.5) is 0 Å². The summed E-state index contributed by atoms with van der Waals surface area (Å²) < 4.78 is 0. The molecule has 0 saturated carbocycles. The number of nitrogens with one attached hydrogen (secondary N) is 1. The fourth-order valence-electron chi connectivity index (χ4n) is 2.44. The summed E-state index contributed by atoms with van der Waals surface area (Å²) in [5.41, 5.74) is 0.778. The summed E-state index contributed by atoms with van der Waals surface area (Å²) in [6, 6.07) is 9.42. The summed E-state index contributed by atoms with van der Waals surface area (Å²) in [5, 5.41) is 13.1. The van der Waals surface area contributed by atoms with E-state index in [2.05, 4.69) is 24.1 Å². The van der Waals surface area contributed by atoms with Gasteiger partial charge in [0.15, 0.2) is 0 Å². The van der Waals surface area contributed by atoms with Crippen molar-refractivity contribution >= 4 is 5.91 Å². The second-order valence-corrected chi connectivity index (χ2v) is 6.29. The van der Waals surface area contributed by atoms with E-state index in [4.69, 9.17) is 0 Å². The van der Waals surface area contributed by atoms with Crippen molar-refractivity contribution in [2.75, 3.05) is 20.6 Å². The number of carbonyl (C=O) groups is 1. The first-order valence-electron chi connectivity index (χ1n) is 7.55. The summed E-state index contributed by atoms with van der Waals surface area (Å²) in [6.45, 7) is 5.10. The average molecular weight is 292 g/mol. The number of hydrogen-bond donors (Lipinski definition) is 2. The number of likely N-dealkylation sites (N-methyl/N-ethyl adjacent to an activating group) is 1. The van der Waals surface area contributed by atoms with E-state index in [-0.39, 0.29) is 18.4 Å². The van der Waals surface area contributed by atoms with E-state index in [1.165, 1.54) is 0 Å². The fraction of sp³-hybridized carbons (Fsp3) is 0.588. The molecule has 0 radical (unpaired) electrons. The second-order valence-electron chi connectivity index (χ2n) is 6.29. The predicted octanol–water partition coefficient (Wildman–Crippen LogP) is 2.20. The van der Waals surface area contributed by atoms with Crippen molar-refractivity contribution in [2.24, 2.45) is 5.92 Å². The highest BCUT2D eigenvalue weighted by Crippen LogP contribution is 2.16. The number of aliphatic hydroxyl groups is 1. The molecule has 2 unspecified atom stereocenters. The third kappa shape index (κ3) is 7.25. The zero-order valence-corrected chi connectivity index (χ0v) is 13.5. The molecule has 0 saturated heterocycles. The highest BCUT2D eigenvalue weighted by molar-refractivity contribution is 5.77. The van der Waals surface area contributed by atoms with Crippen molar-refractivity contribution in [1.29, 1.82) is 0 Å². The first kappa shape index (κ1) is 17.7. The van der Waals surface area contributed by atoms with Crippen LogP contribution in [0.25, 0.3) is 0 Å². The Morgan fingerprint density at radius 3 is 2.38 bits per heavy atom. The fourth-order valence-corrected chi connectivity index (χ4v) is 2.44. The SMILES string of the molecule is CC(C)CC(CN(C)C)NC(=O)CC(O)c1ccccc1. The van der Waals surface area contributed by atoms with Gasteiger partial charge >= 0.3 is 0 Å². The van der Waals surface area contributed by atoms with Crippen LogP contribution >= 0.6 is 0 Å². The Kier molecular flexibility index (Phi) is 7.40. The van der Waals surface area contributed by atoms with E-state index in [9.17, 15) is 9.90 Å². The van der Waals surface area contributed by atoms with Crippen molar-refractivity contribution in [3.05, 3.63) is 35.9 Å². The molecule has 0 aliphatic heterocycles. The molecule has 0 aliphatic rings. The molecular formula is C17H28N2O2. The molecule has 1 rings (SSSR count). The van der Waals surface area contributed by atoms with Gasteiger partial charge in [0.25, 0.3) is 0 Å². The number of aliphatic hydroxyl groups excluding tert-OH is 1. The molecule has 1 amide bonds. The quantitative estimate of drug-likeness (QED) is 0.772. The molecule has 0 aliphatic carbocycles. The Labute approximate surface area is 128 Å². The van der Waals surface area contributed by atoms with Gasteiger partial charge in [0.1, 0.15) is 0 Å². The number of rotatable bonds is 8. The molecule has 2 N–H and O–H groups in total. The molecule has 4 nitrogen and oxygen atoms in total. The van der Waals surface area contributed by atoms with Gasteiger partial charge in [-0.2, -0.15) is 0 Å². The standard InChI is InChI=1S/C17H28N2O2/c1-13(2)10-15(12-19(3)4)18-17(21)11-16(20)14-8-6-5-7-9-14/h5-9,13,15-16,20H,10-12H2,1-4H3,(H,18,21). The van der Waals surface area contributed by atoms with Gasteiger partial charge in [0, 0.05) is 12.6 Å². The number of carbonyl (C=O) groups excluding carboxylic acids is 1. The van der Waals surface area contributed by atoms with Gasteiger partial charge in [-0.25, -0.2) is 0 Å². The van der Waals surface area contributed by atoms with Crippen LogP contribution in [0, 0.1) is 5.92 Å². The minimum absolute atomic E-state index is 0.0983. The van der Waals surface area contributed by atoms with Crippen LogP contribution < -0.4 is 5.32 Å².